The molecule has 0 bridgehead atoms. The summed E-state index contributed by atoms with van der Waals surface area (Å²) >= 11 is 0. The molecule has 1 spiro atoms. The molecule has 15 rings (SSSR count). The van der Waals surface area contributed by atoms with E-state index in [0.717, 1.165) is 39.5 Å². The second-order valence-corrected chi connectivity index (χ2v) is 18.8. The fourth-order valence-corrected chi connectivity index (χ4v) is 12.4. The molecule has 0 saturated heterocycles. The van der Waals surface area contributed by atoms with Gasteiger partial charge in [0, 0.05) is 50.0 Å². The summed E-state index contributed by atoms with van der Waals surface area (Å²) in [7, 11) is 0. The van der Waals surface area contributed by atoms with Gasteiger partial charge in [-0.2, -0.15) is 0 Å². The lowest BCUT2D eigenvalue weighted by Crippen LogP contribution is -2.26. The van der Waals surface area contributed by atoms with Crippen molar-refractivity contribution in [1.29, 1.82) is 0 Å². The number of para-hydroxylation sites is 3. The predicted octanol–water partition coefficient (Wildman–Crippen LogP) is 17.4. The number of rotatable bonds is 6. The highest BCUT2D eigenvalue weighted by Crippen LogP contribution is 2.63. The first-order valence-corrected chi connectivity index (χ1v) is 24.3. The van der Waals surface area contributed by atoms with Crippen molar-refractivity contribution in [2.45, 2.75) is 5.41 Å². The van der Waals surface area contributed by atoms with E-state index >= 15 is 0 Å². The fourth-order valence-electron chi connectivity index (χ4n) is 12.4. The molecule has 0 unspecified atom stereocenters. The van der Waals surface area contributed by atoms with Crippen molar-refractivity contribution in [2.75, 3.05) is 4.90 Å². The zero-order valence-electron chi connectivity index (χ0n) is 38.2. The van der Waals surface area contributed by atoms with Crippen LogP contribution in [0.2, 0.25) is 0 Å². The first kappa shape index (κ1) is 38.9. The Hall–Kier alpha value is -9.18. The van der Waals surface area contributed by atoms with Crippen molar-refractivity contribution in [2.24, 2.45) is 0 Å². The van der Waals surface area contributed by atoms with Crippen LogP contribution in [0.4, 0.5) is 17.1 Å². The molecule has 0 atom stereocenters. The van der Waals surface area contributed by atoms with E-state index < -0.39 is 5.41 Å². The monoisotopic (exact) mass is 889 g/mol. The predicted molar refractivity (Wildman–Crippen MR) is 292 cm³/mol. The molecule has 0 aliphatic heterocycles. The minimum atomic E-state index is -0.482. The zero-order chi connectivity index (χ0) is 45.9. The molecule has 3 heteroatoms. The molecule has 70 heavy (non-hydrogen) atoms. The molecule has 13 aromatic rings. The average Bonchev–Trinajstić information content (AvgIpc) is 4.13. The summed E-state index contributed by atoms with van der Waals surface area (Å²) in [6.07, 6.45) is 0. The second-order valence-electron chi connectivity index (χ2n) is 18.8. The molecule has 11 aromatic carbocycles. The van der Waals surface area contributed by atoms with Crippen molar-refractivity contribution < 1.29 is 0 Å². The summed E-state index contributed by atoms with van der Waals surface area (Å²) in [6, 6.07) is 96.7. The van der Waals surface area contributed by atoms with Crippen LogP contribution in [-0.2, 0) is 5.41 Å². The lowest BCUT2D eigenvalue weighted by molar-refractivity contribution is 0.793. The Balaban J connectivity index is 1.02. The van der Waals surface area contributed by atoms with Crippen LogP contribution < -0.4 is 4.90 Å². The van der Waals surface area contributed by atoms with Gasteiger partial charge in [-0.15, -0.1) is 0 Å². The molecule has 0 N–H and O–H groups in total. The topological polar surface area (TPSA) is 13.1 Å². The van der Waals surface area contributed by atoms with Crippen molar-refractivity contribution in [3.63, 3.8) is 0 Å². The van der Waals surface area contributed by atoms with Gasteiger partial charge in [-0.25, -0.2) is 0 Å². The van der Waals surface area contributed by atoms with Gasteiger partial charge < -0.3 is 14.0 Å². The lowest BCUT2D eigenvalue weighted by Gasteiger charge is -2.32. The first-order valence-electron chi connectivity index (χ1n) is 24.3. The summed E-state index contributed by atoms with van der Waals surface area (Å²) in [6.45, 7) is 0. The molecule has 326 valence electrons. The number of aromatic nitrogens is 2. The van der Waals surface area contributed by atoms with Gasteiger partial charge in [0.05, 0.1) is 27.5 Å². The molecule has 0 amide bonds. The molecular formula is C67H43N3. The second kappa shape index (κ2) is 14.9. The van der Waals surface area contributed by atoms with Crippen LogP contribution in [0.25, 0.3) is 88.4 Å². The van der Waals surface area contributed by atoms with Gasteiger partial charge in [0.15, 0.2) is 0 Å². The van der Waals surface area contributed by atoms with Gasteiger partial charge in [-0.1, -0.05) is 182 Å². The van der Waals surface area contributed by atoms with Crippen LogP contribution in [0.5, 0.6) is 0 Å². The maximum Gasteiger partial charge on any atom is 0.0726 e. The van der Waals surface area contributed by atoms with Gasteiger partial charge in [-0.05, 0) is 134 Å². The smallest absolute Gasteiger partial charge is 0.0726 e. The van der Waals surface area contributed by atoms with E-state index in [2.05, 4.69) is 275 Å². The van der Waals surface area contributed by atoms with Gasteiger partial charge in [0.25, 0.3) is 0 Å². The van der Waals surface area contributed by atoms with E-state index in [1.165, 1.54) is 88.2 Å². The normalized spacial score (nSPS) is 13.0. The first-order chi connectivity index (χ1) is 34.7. The number of benzene rings is 11. The van der Waals surface area contributed by atoms with E-state index in [9.17, 15) is 0 Å². The third kappa shape index (κ3) is 5.40. The number of hydrogen-bond donors (Lipinski definition) is 0. The zero-order valence-corrected chi connectivity index (χ0v) is 38.2. The highest BCUT2D eigenvalue weighted by Gasteiger charge is 2.51. The Labute approximate surface area is 406 Å². The van der Waals surface area contributed by atoms with Crippen LogP contribution in [0, 0.1) is 0 Å². The van der Waals surface area contributed by atoms with Gasteiger partial charge in [0.1, 0.15) is 0 Å². The maximum atomic E-state index is 2.51. The number of nitrogens with zero attached hydrogens (tertiary/aromatic N) is 3. The number of hydrogen-bond acceptors (Lipinski definition) is 1. The number of fused-ring (bicyclic) bond motifs is 16. The Bertz CT molecular complexity index is 4170. The van der Waals surface area contributed by atoms with Crippen molar-refractivity contribution in [3.05, 3.63) is 283 Å². The van der Waals surface area contributed by atoms with Crippen LogP contribution in [0.1, 0.15) is 22.3 Å². The molecule has 2 heterocycles. The van der Waals surface area contributed by atoms with Crippen LogP contribution in [-0.4, -0.2) is 9.13 Å². The Morgan fingerprint density at radius 1 is 0.257 bits per heavy atom. The number of anilines is 3. The summed E-state index contributed by atoms with van der Waals surface area (Å²) < 4.78 is 4.87. The van der Waals surface area contributed by atoms with E-state index in [4.69, 9.17) is 0 Å². The molecule has 2 aliphatic rings. The van der Waals surface area contributed by atoms with Gasteiger partial charge in [0.2, 0.25) is 0 Å². The highest BCUT2D eigenvalue weighted by molar-refractivity contribution is 6.13. The van der Waals surface area contributed by atoms with Crippen LogP contribution in [0.15, 0.2) is 261 Å². The van der Waals surface area contributed by atoms with E-state index in [1.54, 1.807) is 0 Å². The largest absolute Gasteiger partial charge is 0.310 e. The summed E-state index contributed by atoms with van der Waals surface area (Å²) in [5, 5.41) is 4.89. The SMILES string of the molecule is c1ccc(-c2ccc3c(c2)c2ccc(N(c4ccc5c(c4)C4(c6ccccc6-c6ccccc64)c4ccccc4-5)c4ccc5c6ccccc6n(-c6ccccc6)c5c4)cc2n3-c2ccccc2)cc1. The van der Waals surface area contributed by atoms with Crippen LogP contribution in [0.3, 0.4) is 0 Å². The van der Waals surface area contributed by atoms with Gasteiger partial charge in [-0.3, -0.25) is 0 Å². The van der Waals surface area contributed by atoms with E-state index in [1.807, 2.05) is 0 Å². The Morgan fingerprint density at radius 2 is 0.686 bits per heavy atom. The Morgan fingerprint density at radius 3 is 1.27 bits per heavy atom. The van der Waals surface area contributed by atoms with Gasteiger partial charge >= 0.3 is 0 Å². The third-order valence-electron chi connectivity index (χ3n) is 15.3. The Kier molecular flexibility index (Phi) is 8.28. The van der Waals surface area contributed by atoms with Crippen molar-refractivity contribution in [3.8, 4) is 44.8 Å². The quantitative estimate of drug-likeness (QED) is 0.162. The average molecular weight is 890 g/mol. The minimum absolute atomic E-state index is 0.482. The standard InChI is InChI=1S/C67H43N3/c1-4-18-44(19-5-1)45-32-39-64-58(40-45)57-38-35-50(43-66(57)70(64)47-22-8-3-9-23-47)68(49-34-37-56-55-27-13-17-31-63(55)69(65(56)42-49)46-20-6-2-7-21-46)48-33-36-54-53-26-12-16-30-61(53)67(62(54)41-48)59-28-14-10-24-51(59)52-25-11-15-29-60(52)67/h1-43H. The molecule has 3 nitrogen and oxygen atoms in total. The third-order valence-corrected chi connectivity index (χ3v) is 15.3. The van der Waals surface area contributed by atoms with E-state index in [-0.39, 0.29) is 0 Å². The summed E-state index contributed by atoms with van der Waals surface area (Å²) in [5.41, 5.74) is 22.6. The van der Waals surface area contributed by atoms with Crippen molar-refractivity contribution in [1.82, 2.24) is 9.13 Å². The highest BCUT2D eigenvalue weighted by atomic mass is 15.1. The summed E-state index contributed by atoms with van der Waals surface area (Å²) in [4.78, 5) is 2.50. The molecular weight excluding hydrogens is 847 g/mol. The fraction of sp³-hybridized carbons (Fsp3) is 0.0149. The molecule has 0 fully saturated rings. The minimum Gasteiger partial charge on any atom is -0.310 e. The summed E-state index contributed by atoms with van der Waals surface area (Å²) in [5.74, 6) is 0. The molecule has 2 aromatic heterocycles. The van der Waals surface area contributed by atoms with Crippen molar-refractivity contribution >= 4 is 60.7 Å². The molecule has 0 radical (unpaired) electrons. The molecule has 0 saturated carbocycles. The lowest BCUT2D eigenvalue weighted by atomic mass is 9.70. The van der Waals surface area contributed by atoms with Crippen LogP contribution >= 0.6 is 0 Å². The maximum absolute atomic E-state index is 2.51. The van der Waals surface area contributed by atoms with E-state index in [0.29, 0.717) is 0 Å². The molecule has 2 aliphatic carbocycles.